The summed E-state index contributed by atoms with van der Waals surface area (Å²) < 4.78 is 16.6. The molecule has 0 spiro atoms. The third kappa shape index (κ3) is 4.93. The Kier molecular flexibility index (Phi) is 5.98. The van der Waals surface area contributed by atoms with Crippen molar-refractivity contribution in [2.24, 2.45) is 0 Å². The molecule has 1 aliphatic heterocycles. The molecule has 1 amide bonds. The van der Waals surface area contributed by atoms with Crippen LogP contribution in [0.3, 0.4) is 0 Å². The Morgan fingerprint density at radius 1 is 1.06 bits per heavy atom. The molecular formula is C25H21NO5. The molecule has 31 heavy (non-hydrogen) atoms. The molecule has 0 aromatic heterocycles. The highest BCUT2D eigenvalue weighted by Crippen LogP contribution is 2.30. The maximum Gasteiger partial charge on any atom is 0.262 e. The first kappa shape index (κ1) is 20.2. The standard InChI is InChI=1S/C25H21NO5/c1-29-23-11-8-17(13-24(23)30-15-18-5-3-2-4-6-18)7-10-21(27)19-9-12-22-20(14-19)26-25(28)16-31-22/h2-14H,15-16H2,1H3,(H,26,28)/b10-7+. The zero-order valence-electron chi connectivity index (χ0n) is 17.0. The summed E-state index contributed by atoms with van der Waals surface area (Å²) in [7, 11) is 1.59. The van der Waals surface area contributed by atoms with Crippen LogP contribution in [0.25, 0.3) is 6.08 Å². The molecule has 0 atom stereocenters. The molecule has 3 aromatic rings. The van der Waals surface area contributed by atoms with E-state index in [2.05, 4.69) is 5.32 Å². The smallest absolute Gasteiger partial charge is 0.262 e. The largest absolute Gasteiger partial charge is 0.493 e. The molecule has 156 valence electrons. The molecule has 4 rings (SSSR count). The number of amides is 1. The van der Waals surface area contributed by atoms with E-state index >= 15 is 0 Å². The van der Waals surface area contributed by atoms with Crippen molar-refractivity contribution >= 4 is 23.5 Å². The molecule has 0 radical (unpaired) electrons. The number of hydrogen-bond acceptors (Lipinski definition) is 5. The Bertz CT molecular complexity index is 1140. The second-order valence-corrected chi connectivity index (χ2v) is 6.93. The molecule has 1 heterocycles. The molecule has 6 nitrogen and oxygen atoms in total. The zero-order chi connectivity index (χ0) is 21.6. The summed E-state index contributed by atoms with van der Waals surface area (Å²) >= 11 is 0. The summed E-state index contributed by atoms with van der Waals surface area (Å²) in [5, 5.41) is 2.71. The summed E-state index contributed by atoms with van der Waals surface area (Å²) in [5.74, 6) is 1.33. The molecule has 1 aliphatic rings. The summed E-state index contributed by atoms with van der Waals surface area (Å²) in [6, 6.07) is 20.3. The number of allylic oxidation sites excluding steroid dienone is 1. The fourth-order valence-electron chi connectivity index (χ4n) is 3.15. The minimum Gasteiger partial charge on any atom is -0.493 e. The highest BCUT2D eigenvalue weighted by Gasteiger charge is 2.17. The Balaban J connectivity index is 1.48. The van der Waals surface area contributed by atoms with Gasteiger partial charge in [0.1, 0.15) is 12.4 Å². The van der Waals surface area contributed by atoms with Gasteiger partial charge in [-0.05, 0) is 47.5 Å². The SMILES string of the molecule is COc1ccc(/C=C/C(=O)c2ccc3c(c2)NC(=O)CO3)cc1OCc1ccccc1. The maximum atomic E-state index is 12.6. The molecule has 0 saturated carbocycles. The van der Waals surface area contributed by atoms with Crippen molar-refractivity contribution in [2.75, 3.05) is 19.0 Å². The van der Waals surface area contributed by atoms with Crippen molar-refractivity contribution in [3.05, 3.63) is 89.5 Å². The lowest BCUT2D eigenvalue weighted by Gasteiger charge is -2.17. The van der Waals surface area contributed by atoms with Crippen molar-refractivity contribution in [2.45, 2.75) is 6.61 Å². The van der Waals surface area contributed by atoms with Crippen molar-refractivity contribution in [1.29, 1.82) is 0 Å². The predicted octanol–water partition coefficient (Wildman–Crippen LogP) is 4.50. The monoisotopic (exact) mass is 415 g/mol. The van der Waals surface area contributed by atoms with E-state index < -0.39 is 0 Å². The summed E-state index contributed by atoms with van der Waals surface area (Å²) in [4.78, 5) is 24.1. The number of ketones is 1. The van der Waals surface area contributed by atoms with Gasteiger partial charge in [-0.25, -0.2) is 0 Å². The Labute approximate surface area is 180 Å². The third-order valence-electron chi connectivity index (χ3n) is 4.75. The lowest BCUT2D eigenvalue weighted by Crippen LogP contribution is -2.25. The van der Waals surface area contributed by atoms with Crippen LogP contribution in [0.2, 0.25) is 0 Å². The molecule has 0 unspecified atom stereocenters. The van der Waals surface area contributed by atoms with Gasteiger partial charge >= 0.3 is 0 Å². The van der Waals surface area contributed by atoms with Crippen molar-refractivity contribution in [3.63, 3.8) is 0 Å². The number of carbonyl (C=O) groups excluding carboxylic acids is 2. The summed E-state index contributed by atoms with van der Waals surface area (Å²) in [5.41, 5.74) is 2.79. The highest BCUT2D eigenvalue weighted by atomic mass is 16.5. The molecule has 0 aliphatic carbocycles. The van der Waals surface area contributed by atoms with E-state index in [-0.39, 0.29) is 18.3 Å². The molecule has 6 heteroatoms. The second-order valence-electron chi connectivity index (χ2n) is 6.93. The highest BCUT2D eigenvalue weighted by molar-refractivity contribution is 6.08. The first-order valence-corrected chi connectivity index (χ1v) is 9.76. The fraction of sp³-hybridized carbons (Fsp3) is 0.120. The first-order chi connectivity index (χ1) is 15.1. The van der Waals surface area contributed by atoms with Crippen molar-refractivity contribution in [1.82, 2.24) is 0 Å². The van der Waals surface area contributed by atoms with Crippen LogP contribution in [0.5, 0.6) is 17.2 Å². The Morgan fingerprint density at radius 2 is 1.90 bits per heavy atom. The number of rotatable bonds is 7. The number of fused-ring (bicyclic) bond motifs is 1. The van der Waals surface area contributed by atoms with Crippen LogP contribution < -0.4 is 19.5 Å². The summed E-state index contributed by atoms with van der Waals surface area (Å²) in [6.45, 7) is 0.387. The minimum atomic E-state index is -0.242. The van der Waals surface area contributed by atoms with E-state index in [1.807, 2.05) is 42.5 Å². The van der Waals surface area contributed by atoms with Crippen LogP contribution in [-0.2, 0) is 11.4 Å². The van der Waals surface area contributed by atoms with Crippen LogP contribution >= 0.6 is 0 Å². The van der Waals surface area contributed by atoms with Gasteiger partial charge in [-0.3, -0.25) is 9.59 Å². The quantitative estimate of drug-likeness (QED) is 0.454. The van der Waals surface area contributed by atoms with Gasteiger partial charge in [0.25, 0.3) is 5.91 Å². The number of nitrogens with one attached hydrogen (secondary N) is 1. The van der Waals surface area contributed by atoms with Crippen molar-refractivity contribution < 1.29 is 23.8 Å². The second kappa shape index (κ2) is 9.17. The third-order valence-corrected chi connectivity index (χ3v) is 4.75. The average molecular weight is 415 g/mol. The number of anilines is 1. The maximum absolute atomic E-state index is 12.6. The molecular weight excluding hydrogens is 394 g/mol. The van der Waals surface area contributed by atoms with Gasteiger partial charge in [0.05, 0.1) is 12.8 Å². The lowest BCUT2D eigenvalue weighted by atomic mass is 10.1. The van der Waals surface area contributed by atoms with E-state index in [1.54, 1.807) is 37.5 Å². The number of hydrogen-bond donors (Lipinski definition) is 1. The summed E-state index contributed by atoms with van der Waals surface area (Å²) in [6.07, 6.45) is 3.20. The van der Waals surface area contributed by atoms with Gasteiger partial charge in [0.15, 0.2) is 23.9 Å². The van der Waals surface area contributed by atoms with Crippen LogP contribution in [-0.4, -0.2) is 25.4 Å². The van der Waals surface area contributed by atoms with Gasteiger partial charge in [-0.15, -0.1) is 0 Å². The van der Waals surface area contributed by atoms with E-state index in [9.17, 15) is 9.59 Å². The number of methoxy groups -OCH3 is 1. The van der Waals surface area contributed by atoms with E-state index in [4.69, 9.17) is 14.2 Å². The molecule has 3 aromatic carbocycles. The lowest BCUT2D eigenvalue weighted by molar-refractivity contribution is -0.118. The fourth-order valence-corrected chi connectivity index (χ4v) is 3.15. The van der Waals surface area contributed by atoms with Crippen molar-refractivity contribution in [3.8, 4) is 17.2 Å². The Morgan fingerprint density at radius 3 is 2.71 bits per heavy atom. The van der Waals surface area contributed by atoms with Crippen LogP contribution in [0.4, 0.5) is 5.69 Å². The number of carbonyl (C=O) groups is 2. The number of benzene rings is 3. The van der Waals surface area contributed by atoms with Crippen LogP contribution in [0.15, 0.2) is 72.8 Å². The molecule has 1 N–H and O–H groups in total. The molecule has 0 fully saturated rings. The van der Waals surface area contributed by atoms with Crippen LogP contribution in [0.1, 0.15) is 21.5 Å². The first-order valence-electron chi connectivity index (χ1n) is 9.76. The van der Waals surface area contributed by atoms with Gasteiger partial charge in [0, 0.05) is 5.56 Å². The van der Waals surface area contributed by atoms with Gasteiger partial charge in [0.2, 0.25) is 0 Å². The number of ether oxygens (including phenoxy) is 3. The predicted molar refractivity (Wildman–Crippen MR) is 118 cm³/mol. The molecule has 0 bridgehead atoms. The van der Waals surface area contributed by atoms with E-state index in [1.165, 1.54) is 6.08 Å². The van der Waals surface area contributed by atoms with Crippen LogP contribution in [0, 0.1) is 0 Å². The van der Waals surface area contributed by atoms with Gasteiger partial charge in [-0.1, -0.05) is 42.5 Å². The topological polar surface area (TPSA) is 73.9 Å². The van der Waals surface area contributed by atoms with Gasteiger partial charge < -0.3 is 19.5 Å². The zero-order valence-corrected chi connectivity index (χ0v) is 17.0. The molecule has 0 saturated heterocycles. The van der Waals surface area contributed by atoms with E-state index in [0.717, 1.165) is 11.1 Å². The average Bonchev–Trinajstić information content (AvgIpc) is 2.81. The minimum absolute atomic E-state index is 0.0215. The Hall–Kier alpha value is -4.06. The van der Waals surface area contributed by atoms with E-state index in [0.29, 0.717) is 35.1 Å². The normalized spacial score (nSPS) is 12.6. The van der Waals surface area contributed by atoms with Gasteiger partial charge in [-0.2, -0.15) is 0 Å².